The molecule has 2 aliphatic carbocycles. The van der Waals surface area contributed by atoms with Gasteiger partial charge in [-0.15, -0.1) is 23.5 Å². The molecule has 2 saturated carbocycles. The summed E-state index contributed by atoms with van der Waals surface area (Å²) >= 11 is 8.31. The van der Waals surface area contributed by atoms with E-state index in [0.29, 0.717) is 0 Å². The third-order valence-electron chi connectivity index (χ3n) is 3.45. The van der Waals surface area contributed by atoms with Crippen molar-refractivity contribution in [3.63, 3.8) is 0 Å². The van der Waals surface area contributed by atoms with Crippen LogP contribution in [0, 0.1) is 11.8 Å². The molecule has 0 amide bonds. The Kier molecular flexibility index (Phi) is 10.2. The summed E-state index contributed by atoms with van der Waals surface area (Å²) < 4.78 is 0. The van der Waals surface area contributed by atoms with E-state index in [4.69, 9.17) is 0 Å². The van der Waals surface area contributed by atoms with Gasteiger partial charge in [0.2, 0.25) is 0 Å². The highest BCUT2D eigenvalue weighted by atomic mass is 32.2. The van der Waals surface area contributed by atoms with Gasteiger partial charge < -0.3 is 0 Å². The Morgan fingerprint density at radius 1 is 0.650 bits per heavy atom. The van der Waals surface area contributed by atoms with Crippen molar-refractivity contribution in [2.24, 2.45) is 11.8 Å². The first-order valence-electron chi connectivity index (χ1n) is 7.99. The van der Waals surface area contributed by atoms with Gasteiger partial charge in [0.1, 0.15) is 0 Å². The van der Waals surface area contributed by atoms with E-state index < -0.39 is 0 Å². The van der Waals surface area contributed by atoms with Crippen molar-refractivity contribution in [3.8, 4) is 0 Å². The minimum Gasteiger partial charge on any atom is -0.162 e. The minimum absolute atomic E-state index is 1.09. The molecule has 4 heteroatoms. The van der Waals surface area contributed by atoms with Gasteiger partial charge in [-0.3, -0.25) is 0 Å². The summed E-state index contributed by atoms with van der Waals surface area (Å²) in [6.07, 6.45) is 8.74. The van der Waals surface area contributed by atoms with Crippen LogP contribution in [0.1, 0.15) is 38.5 Å². The second-order valence-electron chi connectivity index (χ2n) is 5.76. The van der Waals surface area contributed by atoms with Crippen LogP contribution in [-0.2, 0) is 0 Å². The van der Waals surface area contributed by atoms with Gasteiger partial charge in [0.25, 0.3) is 0 Å². The minimum atomic E-state index is 1.09. The first kappa shape index (κ1) is 17.5. The fourth-order valence-corrected chi connectivity index (χ4v) is 6.02. The summed E-state index contributed by atoms with van der Waals surface area (Å²) in [5.41, 5.74) is 0. The van der Waals surface area contributed by atoms with Crippen LogP contribution < -0.4 is 0 Å². The molecule has 0 aromatic carbocycles. The zero-order chi connectivity index (χ0) is 13.9. The molecule has 20 heavy (non-hydrogen) atoms. The van der Waals surface area contributed by atoms with E-state index in [1.807, 2.05) is 23.5 Å². The summed E-state index contributed by atoms with van der Waals surface area (Å²) in [6.45, 7) is 0. The first-order chi connectivity index (χ1) is 9.95. The Bertz CT molecular complexity index is 233. The van der Waals surface area contributed by atoms with E-state index in [2.05, 4.69) is 34.3 Å². The molecule has 0 heterocycles. The van der Waals surface area contributed by atoms with Crippen molar-refractivity contribution < 1.29 is 0 Å². The fourth-order valence-electron chi connectivity index (χ4n) is 1.77. The second-order valence-corrected chi connectivity index (χ2v) is 10.1. The quantitative estimate of drug-likeness (QED) is 0.353. The number of thioether (sulfide) groups is 4. The lowest BCUT2D eigenvalue weighted by Gasteiger charge is -1.99. The van der Waals surface area contributed by atoms with Crippen LogP contribution in [0.5, 0.6) is 0 Å². The molecular weight excluding hydrogens is 320 g/mol. The SMILES string of the molecule is C(=CSCCCSCC1CC1)SCCCSCC1CC1. The Labute approximate surface area is 142 Å². The summed E-state index contributed by atoms with van der Waals surface area (Å²) in [5.74, 6) is 10.4. The molecule has 116 valence electrons. The van der Waals surface area contributed by atoms with Gasteiger partial charge in [-0.2, -0.15) is 23.5 Å². The molecule has 0 unspecified atom stereocenters. The highest BCUT2D eigenvalue weighted by Crippen LogP contribution is 2.33. The summed E-state index contributed by atoms with van der Waals surface area (Å²) in [4.78, 5) is 0. The van der Waals surface area contributed by atoms with E-state index in [0.717, 1.165) is 11.8 Å². The molecule has 0 nitrogen and oxygen atoms in total. The van der Waals surface area contributed by atoms with E-state index >= 15 is 0 Å². The lowest BCUT2D eigenvalue weighted by molar-refractivity contribution is 0.995. The Hall–Kier alpha value is 1.14. The van der Waals surface area contributed by atoms with Crippen molar-refractivity contribution in [3.05, 3.63) is 10.8 Å². The molecule has 0 spiro atoms. The van der Waals surface area contributed by atoms with Crippen LogP contribution >= 0.6 is 47.0 Å². The van der Waals surface area contributed by atoms with Gasteiger partial charge >= 0.3 is 0 Å². The highest BCUT2D eigenvalue weighted by molar-refractivity contribution is 8.05. The maximum Gasteiger partial charge on any atom is -0.00179 e. The monoisotopic (exact) mass is 348 g/mol. The molecular formula is C16H28S4. The molecule has 0 atom stereocenters. The van der Waals surface area contributed by atoms with E-state index in [1.165, 1.54) is 73.0 Å². The van der Waals surface area contributed by atoms with E-state index in [9.17, 15) is 0 Å². The Morgan fingerprint density at radius 3 is 1.50 bits per heavy atom. The molecule has 0 aromatic rings. The predicted molar refractivity (Wildman–Crippen MR) is 103 cm³/mol. The van der Waals surface area contributed by atoms with Crippen LogP contribution in [-0.4, -0.2) is 34.5 Å². The average Bonchev–Trinajstić information content (AvgIpc) is 3.34. The summed E-state index contributed by atoms with van der Waals surface area (Å²) in [7, 11) is 0. The first-order valence-corrected chi connectivity index (χ1v) is 12.4. The van der Waals surface area contributed by atoms with Crippen molar-refractivity contribution in [1.29, 1.82) is 0 Å². The lowest BCUT2D eigenvalue weighted by atomic mass is 10.5. The molecule has 0 N–H and O–H groups in total. The van der Waals surface area contributed by atoms with Crippen molar-refractivity contribution in [2.75, 3.05) is 34.5 Å². The second kappa shape index (κ2) is 11.7. The number of hydrogen-bond acceptors (Lipinski definition) is 4. The topological polar surface area (TPSA) is 0 Å². The van der Waals surface area contributed by atoms with Crippen LogP contribution in [0.3, 0.4) is 0 Å². The molecule has 0 radical (unpaired) electrons. The fraction of sp³-hybridized carbons (Fsp3) is 0.875. The third kappa shape index (κ3) is 10.8. The van der Waals surface area contributed by atoms with Gasteiger partial charge in [0, 0.05) is 0 Å². The summed E-state index contributed by atoms with van der Waals surface area (Å²) in [6, 6.07) is 0. The average molecular weight is 349 g/mol. The zero-order valence-corrected chi connectivity index (χ0v) is 15.7. The molecule has 0 saturated heterocycles. The van der Waals surface area contributed by atoms with Crippen LogP contribution in [0.2, 0.25) is 0 Å². The largest absolute Gasteiger partial charge is 0.162 e. The molecule has 2 aliphatic rings. The third-order valence-corrected chi connectivity index (χ3v) is 7.90. The maximum atomic E-state index is 2.30. The van der Waals surface area contributed by atoms with Crippen LogP contribution in [0.25, 0.3) is 0 Å². The van der Waals surface area contributed by atoms with Gasteiger partial charge in [-0.05, 0) is 95.7 Å². The van der Waals surface area contributed by atoms with Gasteiger partial charge in [0.05, 0.1) is 0 Å². The highest BCUT2D eigenvalue weighted by Gasteiger charge is 2.20. The van der Waals surface area contributed by atoms with Crippen LogP contribution in [0.4, 0.5) is 0 Å². The maximum absolute atomic E-state index is 2.30. The van der Waals surface area contributed by atoms with Gasteiger partial charge in [-0.25, -0.2) is 0 Å². The van der Waals surface area contributed by atoms with Crippen molar-refractivity contribution >= 4 is 47.0 Å². The smallest absolute Gasteiger partial charge is 0.00179 e. The molecule has 0 bridgehead atoms. The number of rotatable bonds is 14. The van der Waals surface area contributed by atoms with Gasteiger partial charge in [-0.1, -0.05) is 0 Å². The molecule has 0 aromatic heterocycles. The summed E-state index contributed by atoms with van der Waals surface area (Å²) in [5, 5.41) is 4.60. The Balaban J connectivity index is 1.22. The molecule has 2 rings (SSSR count). The zero-order valence-electron chi connectivity index (χ0n) is 12.4. The van der Waals surface area contributed by atoms with E-state index in [-0.39, 0.29) is 0 Å². The van der Waals surface area contributed by atoms with Crippen molar-refractivity contribution in [1.82, 2.24) is 0 Å². The predicted octanol–water partition coefficient (Wildman–Crippen LogP) is 5.99. The number of hydrogen-bond donors (Lipinski definition) is 0. The Morgan fingerprint density at radius 2 is 1.10 bits per heavy atom. The van der Waals surface area contributed by atoms with E-state index in [1.54, 1.807) is 0 Å². The standard InChI is InChI=1S/C16H28S4/c1(9-19-13-15-3-4-15)7-17-11-12-18-8-2-10-20-14-16-5-6-16/h11-12,15-16H,1-10,13-14H2. The van der Waals surface area contributed by atoms with Gasteiger partial charge in [0.15, 0.2) is 0 Å². The van der Waals surface area contributed by atoms with Crippen LogP contribution in [0.15, 0.2) is 10.8 Å². The lowest BCUT2D eigenvalue weighted by Crippen LogP contribution is -1.87. The molecule has 0 aliphatic heterocycles. The normalized spacial score (nSPS) is 19.0. The van der Waals surface area contributed by atoms with Crippen molar-refractivity contribution in [2.45, 2.75) is 38.5 Å². The molecule has 2 fully saturated rings.